The molecule has 0 aromatic heterocycles. The third-order valence-electron chi connectivity index (χ3n) is 4.72. The van der Waals surface area contributed by atoms with E-state index in [0.29, 0.717) is 16.8 Å². The van der Waals surface area contributed by atoms with Crippen molar-refractivity contribution in [3.63, 3.8) is 0 Å². The molecular formula is C25H20N4O6. The van der Waals surface area contributed by atoms with Crippen LogP contribution in [0.15, 0.2) is 84.9 Å². The molecular weight excluding hydrogens is 452 g/mol. The first-order chi connectivity index (χ1) is 16.8. The Hall–Kier alpha value is -5.12. The molecule has 2 amide bonds. The molecule has 0 radical (unpaired) electrons. The minimum absolute atomic E-state index is 0.0274. The van der Waals surface area contributed by atoms with Gasteiger partial charge in [-0.15, -0.1) is 0 Å². The second-order valence-corrected chi connectivity index (χ2v) is 7.27. The number of carbonyl (C=O) groups is 2. The van der Waals surface area contributed by atoms with Gasteiger partial charge in [-0.1, -0.05) is 12.1 Å². The Kier molecular flexibility index (Phi) is 8.17. The third kappa shape index (κ3) is 7.75. The van der Waals surface area contributed by atoms with E-state index < -0.39 is 9.85 Å². The topological polar surface area (TPSA) is 144 Å². The lowest BCUT2D eigenvalue weighted by Gasteiger charge is -2.07. The van der Waals surface area contributed by atoms with E-state index in [1.165, 1.54) is 36.4 Å². The van der Waals surface area contributed by atoms with Crippen LogP contribution in [0, 0.1) is 20.2 Å². The maximum absolute atomic E-state index is 12.2. The van der Waals surface area contributed by atoms with E-state index in [9.17, 15) is 29.8 Å². The van der Waals surface area contributed by atoms with Gasteiger partial charge in [-0.05, 0) is 65.2 Å². The molecule has 2 N–H and O–H groups in total. The van der Waals surface area contributed by atoms with Gasteiger partial charge in [0.25, 0.3) is 11.4 Å². The number of benzene rings is 3. The fourth-order valence-electron chi connectivity index (χ4n) is 2.95. The van der Waals surface area contributed by atoms with Crippen molar-refractivity contribution in [3.8, 4) is 0 Å². The zero-order valence-electron chi connectivity index (χ0n) is 18.3. The van der Waals surface area contributed by atoms with E-state index in [0.717, 1.165) is 5.56 Å². The summed E-state index contributed by atoms with van der Waals surface area (Å²) in [4.78, 5) is 44.7. The Bertz CT molecular complexity index is 1300. The lowest BCUT2D eigenvalue weighted by molar-refractivity contribution is -0.385. The van der Waals surface area contributed by atoms with Crippen molar-refractivity contribution in [1.82, 2.24) is 5.32 Å². The number of nitrogens with one attached hydrogen (secondary N) is 2. The summed E-state index contributed by atoms with van der Waals surface area (Å²) in [6.45, 7) is 0.228. The SMILES string of the molecule is O=C(/C=C/c1ccc([N+](=O)[O-])cc1)NCc1cccc(NC(=O)/C=C/c2ccc([N+](=O)[O-])cc2)c1. The predicted molar refractivity (Wildman–Crippen MR) is 131 cm³/mol. The second kappa shape index (κ2) is 11.7. The Morgan fingerprint density at radius 3 is 1.77 bits per heavy atom. The van der Waals surface area contributed by atoms with Crippen molar-refractivity contribution in [2.75, 3.05) is 5.32 Å². The van der Waals surface area contributed by atoms with Gasteiger partial charge in [0.15, 0.2) is 0 Å². The number of nitrogens with zero attached hydrogens (tertiary/aromatic N) is 2. The number of anilines is 1. The Labute approximate surface area is 199 Å². The number of nitro benzene ring substituents is 2. The highest BCUT2D eigenvalue weighted by Gasteiger charge is 2.05. The molecule has 0 saturated heterocycles. The predicted octanol–water partition coefficient (Wildman–Crippen LogP) is 4.48. The highest BCUT2D eigenvalue weighted by atomic mass is 16.6. The van der Waals surface area contributed by atoms with Gasteiger partial charge >= 0.3 is 0 Å². The van der Waals surface area contributed by atoms with Crippen LogP contribution in [-0.4, -0.2) is 21.7 Å². The van der Waals surface area contributed by atoms with E-state index in [4.69, 9.17) is 0 Å². The van der Waals surface area contributed by atoms with Crippen LogP contribution in [0.5, 0.6) is 0 Å². The molecule has 3 aromatic rings. The molecule has 10 heteroatoms. The van der Waals surface area contributed by atoms with Crippen LogP contribution in [0.1, 0.15) is 16.7 Å². The van der Waals surface area contributed by atoms with Crippen LogP contribution in [0.3, 0.4) is 0 Å². The van der Waals surface area contributed by atoms with Gasteiger partial charge in [0, 0.05) is 48.6 Å². The molecule has 0 aliphatic rings. The summed E-state index contributed by atoms with van der Waals surface area (Å²) in [6, 6.07) is 18.6. The number of hydrogen-bond donors (Lipinski definition) is 2. The molecule has 0 unspecified atom stereocenters. The molecule has 0 spiro atoms. The molecule has 0 bridgehead atoms. The smallest absolute Gasteiger partial charge is 0.269 e. The molecule has 3 aromatic carbocycles. The Balaban J connectivity index is 1.50. The number of nitro groups is 2. The fourth-order valence-corrected chi connectivity index (χ4v) is 2.95. The van der Waals surface area contributed by atoms with Crippen LogP contribution in [0.2, 0.25) is 0 Å². The number of non-ortho nitro benzene ring substituents is 2. The van der Waals surface area contributed by atoms with E-state index in [2.05, 4.69) is 10.6 Å². The second-order valence-electron chi connectivity index (χ2n) is 7.27. The van der Waals surface area contributed by atoms with Crippen LogP contribution in [-0.2, 0) is 16.1 Å². The van der Waals surface area contributed by atoms with Gasteiger partial charge in [0.1, 0.15) is 0 Å². The highest BCUT2D eigenvalue weighted by molar-refractivity contribution is 6.02. The zero-order valence-corrected chi connectivity index (χ0v) is 18.3. The average molecular weight is 472 g/mol. The summed E-state index contributed by atoms with van der Waals surface area (Å²) in [7, 11) is 0. The van der Waals surface area contributed by atoms with Gasteiger partial charge in [-0.2, -0.15) is 0 Å². The van der Waals surface area contributed by atoms with E-state index in [1.54, 1.807) is 60.7 Å². The highest BCUT2D eigenvalue weighted by Crippen LogP contribution is 2.15. The van der Waals surface area contributed by atoms with Gasteiger partial charge in [0.2, 0.25) is 11.8 Å². The lowest BCUT2D eigenvalue weighted by atomic mass is 10.1. The van der Waals surface area contributed by atoms with Crippen molar-refractivity contribution in [3.05, 3.63) is 122 Å². The van der Waals surface area contributed by atoms with Gasteiger partial charge < -0.3 is 10.6 Å². The van der Waals surface area contributed by atoms with Crippen molar-refractivity contribution in [2.45, 2.75) is 6.54 Å². The molecule has 0 fully saturated rings. The van der Waals surface area contributed by atoms with E-state index in [-0.39, 0.29) is 29.7 Å². The number of rotatable bonds is 9. The van der Waals surface area contributed by atoms with Crippen molar-refractivity contribution >= 4 is 41.0 Å². The number of amides is 2. The third-order valence-corrected chi connectivity index (χ3v) is 4.72. The molecule has 176 valence electrons. The largest absolute Gasteiger partial charge is 0.348 e. The first-order valence-electron chi connectivity index (χ1n) is 10.3. The monoisotopic (exact) mass is 472 g/mol. The first-order valence-corrected chi connectivity index (χ1v) is 10.3. The molecule has 0 heterocycles. The summed E-state index contributed by atoms with van der Waals surface area (Å²) < 4.78 is 0. The molecule has 0 aliphatic heterocycles. The van der Waals surface area contributed by atoms with Gasteiger partial charge in [-0.25, -0.2) is 0 Å². The van der Waals surface area contributed by atoms with Crippen LogP contribution < -0.4 is 10.6 Å². The maximum atomic E-state index is 12.2. The van der Waals surface area contributed by atoms with Crippen LogP contribution in [0.25, 0.3) is 12.2 Å². The number of hydrogen-bond acceptors (Lipinski definition) is 6. The Morgan fingerprint density at radius 1 is 0.743 bits per heavy atom. The normalized spacial score (nSPS) is 10.9. The quantitative estimate of drug-likeness (QED) is 0.267. The first kappa shape index (κ1) is 24.5. The molecule has 3 rings (SSSR count). The average Bonchev–Trinajstić information content (AvgIpc) is 2.85. The van der Waals surface area contributed by atoms with E-state index in [1.807, 2.05) is 0 Å². The van der Waals surface area contributed by atoms with Crippen molar-refractivity contribution < 1.29 is 19.4 Å². The minimum Gasteiger partial charge on any atom is -0.348 e. The van der Waals surface area contributed by atoms with E-state index >= 15 is 0 Å². The molecule has 35 heavy (non-hydrogen) atoms. The molecule has 0 atom stereocenters. The van der Waals surface area contributed by atoms with Gasteiger partial charge in [0.05, 0.1) is 9.85 Å². The minimum atomic E-state index is -0.495. The lowest BCUT2D eigenvalue weighted by Crippen LogP contribution is -2.20. The molecule has 10 nitrogen and oxygen atoms in total. The summed E-state index contributed by atoms with van der Waals surface area (Å²) in [5, 5.41) is 26.8. The van der Waals surface area contributed by atoms with Crippen molar-refractivity contribution in [1.29, 1.82) is 0 Å². The molecule has 0 saturated carbocycles. The fraction of sp³-hybridized carbons (Fsp3) is 0.0400. The summed E-state index contributed by atoms with van der Waals surface area (Å²) >= 11 is 0. The van der Waals surface area contributed by atoms with Crippen LogP contribution >= 0.6 is 0 Å². The maximum Gasteiger partial charge on any atom is 0.269 e. The standard InChI is InChI=1S/C25H20N4O6/c30-24(14-8-18-4-10-22(11-5-18)28(32)33)26-17-20-2-1-3-21(16-20)27-25(31)15-9-19-6-12-23(13-7-19)29(34)35/h1-16H,17H2,(H,26,30)(H,27,31)/b14-8+,15-9+. The molecule has 0 aliphatic carbocycles. The van der Waals surface area contributed by atoms with Crippen LogP contribution in [0.4, 0.5) is 17.1 Å². The summed E-state index contributed by atoms with van der Waals surface area (Å²) in [6.07, 6.45) is 5.74. The Morgan fingerprint density at radius 2 is 1.26 bits per heavy atom. The van der Waals surface area contributed by atoms with Gasteiger partial charge in [-0.3, -0.25) is 29.8 Å². The summed E-state index contributed by atoms with van der Waals surface area (Å²) in [5.41, 5.74) is 2.54. The van der Waals surface area contributed by atoms with Crippen molar-refractivity contribution in [2.24, 2.45) is 0 Å². The number of carbonyl (C=O) groups excluding carboxylic acids is 2. The zero-order chi connectivity index (χ0) is 25.2. The summed E-state index contributed by atoms with van der Waals surface area (Å²) in [5.74, 6) is -0.723.